The summed E-state index contributed by atoms with van der Waals surface area (Å²) in [6.07, 6.45) is 2.85. The number of aromatic nitrogens is 1. The van der Waals surface area contributed by atoms with Crippen molar-refractivity contribution in [2.45, 2.75) is 13.3 Å². The fourth-order valence-electron chi connectivity index (χ4n) is 2.62. The molecule has 2 aromatic carbocycles. The minimum Gasteiger partial charge on any atom is -0.256 e. The van der Waals surface area contributed by atoms with Crippen LogP contribution in [-0.2, 0) is 6.42 Å². The first kappa shape index (κ1) is 12.6. The number of hydrogen-bond acceptors (Lipinski definition) is 1. The maximum absolute atomic E-state index is 4.49. The van der Waals surface area contributed by atoms with E-state index in [1.54, 1.807) is 0 Å². The Kier molecular flexibility index (Phi) is 3.60. The van der Waals surface area contributed by atoms with Crippen LogP contribution in [0.4, 0.5) is 0 Å². The average Bonchev–Trinajstić information content (AvgIpc) is 2.55. The van der Waals surface area contributed by atoms with Gasteiger partial charge >= 0.3 is 0 Å². The highest BCUT2D eigenvalue weighted by molar-refractivity contribution is 5.77. The van der Waals surface area contributed by atoms with Crippen molar-refractivity contribution in [2.75, 3.05) is 0 Å². The quantitative estimate of drug-likeness (QED) is 0.646. The Morgan fingerprint density at radius 2 is 1.50 bits per heavy atom. The van der Waals surface area contributed by atoms with Gasteiger partial charge in [-0.15, -0.1) is 0 Å². The third kappa shape index (κ3) is 2.35. The zero-order valence-corrected chi connectivity index (χ0v) is 11.6. The summed E-state index contributed by atoms with van der Waals surface area (Å²) >= 11 is 0. The van der Waals surface area contributed by atoms with Gasteiger partial charge in [-0.25, -0.2) is 0 Å². The Morgan fingerprint density at radius 3 is 2.20 bits per heavy atom. The fraction of sp³-hybridized carbons (Fsp3) is 0.105. The van der Waals surface area contributed by atoms with Crippen LogP contribution < -0.4 is 0 Å². The van der Waals surface area contributed by atoms with E-state index in [0.717, 1.165) is 12.1 Å². The van der Waals surface area contributed by atoms with Crippen LogP contribution in [0.1, 0.15) is 12.5 Å². The molecule has 3 rings (SSSR count). The van der Waals surface area contributed by atoms with Crippen LogP contribution in [0, 0.1) is 0 Å². The van der Waals surface area contributed by atoms with Crippen molar-refractivity contribution < 1.29 is 0 Å². The highest BCUT2D eigenvalue weighted by atomic mass is 14.7. The first-order chi connectivity index (χ1) is 9.90. The fourth-order valence-corrected chi connectivity index (χ4v) is 2.62. The topological polar surface area (TPSA) is 12.9 Å². The highest BCUT2D eigenvalue weighted by Gasteiger charge is 2.10. The summed E-state index contributed by atoms with van der Waals surface area (Å²) in [5, 5.41) is 0. The molecular formula is C19H17N. The van der Waals surface area contributed by atoms with Gasteiger partial charge < -0.3 is 0 Å². The molecule has 0 saturated carbocycles. The van der Waals surface area contributed by atoms with E-state index in [-0.39, 0.29) is 0 Å². The second kappa shape index (κ2) is 5.70. The highest BCUT2D eigenvalue weighted by Crippen LogP contribution is 2.31. The van der Waals surface area contributed by atoms with Crippen molar-refractivity contribution in [1.82, 2.24) is 4.98 Å². The van der Waals surface area contributed by atoms with Crippen molar-refractivity contribution in [1.29, 1.82) is 0 Å². The summed E-state index contributed by atoms with van der Waals surface area (Å²) in [7, 11) is 0. The van der Waals surface area contributed by atoms with E-state index in [4.69, 9.17) is 0 Å². The van der Waals surface area contributed by atoms with Crippen LogP contribution in [-0.4, -0.2) is 4.98 Å². The molecule has 0 bridgehead atoms. The normalized spacial score (nSPS) is 10.4. The third-order valence-electron chi connectivity index (χ3n) is 3.56. The lowest BCUT2D eigenvalue weighted by Crippen LogP contribution is -1.93. The van der Waals surface area contributed by atoms with E-state index in [0.29, 0.717) is 0 Å². The number of benzene rings is 2. The Hall–Kier alpha value is -2.41. The van der Waals surface area contributed by atoms with E-state index in [1.165, 1.54) is 22.3 Å². The zero-order chi connectivity index (χ0) is 13.8. The summed E-state index contributed by atoms with van der Waals surface area (Å²) in [4.78, 5) is 4.49. The van der Waals surface area contributed by atoms with Gasteiger partial charge in [0.05, 0.1) is 5.69 Å². The van der Waals surface area contributed by atoms with E-state index >= 15 is 0 Å². The average molecular weight is 259 g/mol. The van der Waals surface area contributed by atoms with Crippen LogP contribution in [0.3, 0.4) is 0 Å². The van der Waals surface area contributed by atoms with Gasteiger partial charge in [0.25, 0.3) is 0 Å². The molecule has 3 aromatic rings. The molecule has 1 nitrogen and oxygen atoms in total. The minimum atomic E-state index is 0.997. The molecule has 1 aromatic heterocycles. The molecule has 0 fully saturated rings. The second-order valence-electron chi connectivity index (χ2n) is 4.77. The van der Waals surface area contributed by atoms with E-state index in [2.05, 4.69) is 66.5 Å². The summed E-state index contributed by atoms with van der Waals surface area (Å²) < 4.78 is 0. The molecule has 0 aliphatic carbocycles. The molecule has 20 heavy (non-hydrogen) atoms. The van der Waals surface area contributed by atoms with E-state index in [9.17, 15) is 0 Å². The number of nitrogens with zero attached hydrogens (tertiary/aromatic N) is 1. The smallest absolute Gasteiger partial charge is 0.0704 e. The predicted molar refractivity (Wildman–Crippen MR) is 84.5 cm³/mol. The SMILES string of the molecule is CCc1c(-c2ccccc2)cccc1-c1ccccn1. The summed E-state index contributed by atoms with van der Waals surface area (Å²) in [5.41, 5.74) is 6.20. The van der Waals surface area contributed by atoms with Crippen LogP contribution >= 0.6 is 0 Å². The van der Waals surface area contributed by atoms with Crippen molar-refractivity contribution in [3.05, 3.63) is 78.5 Å². The molecule has 1 heterocycles. The van der Waals surface area contributed by atoms with Gasteiger partial charge in [0.2, 0.25) is 0 Å². The summed E-state index contributed by atoms with van der Waals surface area (Å²) in [6, 6.07) is 23.1. The molecule has 0 atom stereocenters. The van der Waals surface area contributed by atoms with Gasteiger partial charge in [0.1, 0.15) is 0 Å². The molecule has 98 valence electrons. The van der Waals surface area contributed by atoms with Gasteiger partial charge in [0.15, 0.2) is 0 Å². The molecule has 0 radical (unpaired) electrons. The molecule has 0 spiro atoms. The van der Waals surface area contributed by atoms with Crippen LogP contribution in [0.15, 0.2) is 72.9 Å². The Labute approximate surface area is 119 Å². The Bertz CT molecular complexity index is 630. The molecule has 0 unspecified atom stereocenters. The Morgan fingerprint density at radius 1 is 0.750 bits per heavy atom. The van der Waals surface area contributed by atoms with Gasteiger partial charge in [-0.05, 0) is 35.2 Å². The maximum atomic E-state index is 4.49. The molecule has 0 aliphatic rings. The summed E-state index contributed by atoms with van der Waals surface area (Å²) in [5.74, 6) is 0. The third-order valence-corrected chi connectivity index (χ3v) is 3.56. The first-order valence-corrected chi connectivity index (χ1v) is 6.99. The molecule has 0 amide bonds. The van der Waals surface area contributed by atoms with Crippen LogP contribution in [0.5, 0.6) is 0 Å². The second-order valence-corrected chi connectivity index (χ2v) is 4.77. The van der Waals surface area contributed by atoms with Gasteiger partial charge in [0, 0.05) is 11.8 Å². The lowest BCUT2D eigenvalue weighted by atomic mass is 9.92. The van der Waals surface area contributed by atoms with Crippen LogP contribution in [0.2, 0.25) is 0 Å². The lowest BCUT2D eigenvalue weighted by Gasteiger charge is -2.13. The minimum absolute atomic E-state index is 0.997. The Balaban J connectivity index is 2.19. The first-order valence-electron chi connectivity index (χ1n) is 6.99. The van der Waals surface area contributed by atoms with Crippen molar-refractivity contribution in [3.63, 3.8) is 0 Å². The number of rotatable bonds is 3. The molecule has 0 saturated heterocycles. The largest absolute Gasteiger partial charge is 0.256 e. The monoisotopic (exact) mass is 259 g/mol. The van der Waals surface area contributed by atoms with Crippen molar-refractivity contribution >= 4 is 0 Å². The van der Waals surface area contributed by atoms with Crippen LogP contribution in [0.25, 0.3) is 22.4 Å². The lowest BCUT2D eigenvalue weighted by molar-refractivity contribution is 1.14. The number of pyridine rings is 1. The van der Waals surface area contributed by atoms with Crippen molar-refractivity contribution in [2.24, 2.45) is 0 Å². The summed E-state index contributed by atoms with van der Waals surface area (Å²) in [6.45, 7) is 2.20. The predicted octanol–water partition coefficient (Wildman–Crippen LogP) is 4.98. The standard InChI is InChI=1S/C19H17N/c1-2-16-17(15-9-4-3-5-10-15)11-8-12-18(16)19-13-6-7-14-20-19/h3-14H,2H2,1H3. The van der Waals surface area contributed by atoms with Crippen molar-refractivity contribution in [3.8, 4) is 22.4 Å². The van der Waals surface area contributed by atoms with Gasteiger partial charge in [-0.1, -0.05) is 61.5 Å². The molecule has 0 N–H and O–H groups in total. The molecule has 1 heteroatoms. The zero-order valence-electron chi connectivity index (χ0n) is 11.6. The molecule has 0 aliphatic heterocycles. The van der Waals surface area contributed by atoms with E-state index < -0.39 is 0 Å². The molecular weight excluding hydrogens is 242 g/mol. The van der Waals surface area contributed by atoms with E-state index in [1.807, 2.05) is 18.3 Å². The van der Waals surface area contributed by atoms with Gasteiger partial charge in [-0.3, -0.25) is 4.98 Å². The van der Waals surface area contributed by atoms with Gasteiger partial charge in [-0.2, -0.15) is 0 Å². The number of hydrogen-bond donors (Lipinski definition) is 0. The maximum Gasteiger partial charge on any atom is 0.0704 e.